The SMILES string of the molecule is Cc1ccccc1OCc1nnc(SCC(=O)Nc2ccc([N+](=O)[O-])cc2)o1. The molecule has 28 heavy (non-hydrogen) atoms. The minimum Gasteiger partial charge on any atom is -0.484 e. The molecule has 144 valence electrons. The van der Waals surface area contributed by atoms with Gasteiger partial charge in [0.1, 0.15) is 5.75 Å². The molecule has 1 aromatic heterocycles. The van der Waals surface area contributed by atoms with E-state index >= 15 is 0 Å². The number of carbonyl (C=O) groups excluding carboxylic acids is 1. The number of carbonyl (C=O) groups is 1. The van der Waals surface area contributed by atoms with Gasteiger partial charge in [0, 0.05) is 17.8 Å². The van der Waals surface area contributed by atoms with E-state index in [1.165, 1.54) is 24.3 Å². The highest BCUT2D eigenvalue weighted by Gasteiger charge is 2.12. The highest BCUT2D eigenvalue weighted by Crippen LogP contribution is 2.20. The van der Waals surface area contributed by atoms with Gasteiger partial charge in [-0.15, -0.1) is 10.2 Å². The normalized spacial score (nSPS) is 10.5. The number of amides is 1. The Morgan fingerprint density at radius 1 is 1.21 bits per heavy atom. The van der Waals surface area contributed by atoms with Crippen LogP contribution in [0.25, 0.3) is 0 Å². The van der Waals surface area contributed by atoms with E-state index in [1.807, 2.05) is 31.2 Å². The number of hydrogen-bond acceptors (Lipinski definition) is 8. The Morgan fingerprint density at radius 2 is 1.96 bits per heavy atom. The number of nitro benzene ring substituents is 1. The maximum absolute atomic E-state index is 12.0. The topological polar surface area (TPSA) is 120 Å². The van der Waals surface area contributed by atoms with Gasteiger partial charge in [0.15, 0.2) is 6.61 Å². The Bertz CT molecular complexity index is 974. The molecule has 0 spiro atoms. The van der Waals surface area contributed by atoms with Gasteiger partial charge in [-0.3, -0.25) is 14.9 Å². The lowest BCUT2D eigenvalue weighted by molar-refractivity contribution is -0.384. The number of aryl methyl sites for hydroxylation is 1. The molecule has 3 rings (SSSR count). The predicted molar refractivity (Wildman–Crippen MR) is 102 cm³/mol. The number of non-ortho nitro benzene ring substituents is 1. The van der Waals surface area contributed by atoms with Crippen LogP contribution in [0.2, 0.25) is 0 Å². The van der Waals surface area contributed by atoms with Crippen molar-refractivity contribution in [2.45, 2.75) is 18.8 Å². The van der Waals surface area contributed by atoms with Crippen LogP contribution in [-0.2, 0) is 11.4 Å². The van der Waals surface area contributed by atoms with Gasteiger partial charge in [-0.2, -0.15) is 0 Å². The third kappa shape index (κ3) is 5.30. The van der Waals surface area contributed by atoms with E-state index in [2.05, 4.69) is 15.5 Å². The van der Waals surface area contributed by atoms with Crippen LogP contribution in [0.3, 0.4) is 0 Å². The van der Waals surface area contributed by atoms with Crippen molar-refractivity contribution < 1.29 is 18.9 Å². The lowest BCUT2D eigenvalue weighted by atomic mass is 10.2. The smallest absolute Gasteiger partial charge is 0.277 e. The lowest BCUT2D eigenvalue weighted by Crippen LogP contribution is -2.13. The van der Waals surface area contributed by atoms with E-state index in [9.17, 15) is 14.9 Å². The molecule has 0 fully saturated rings. The molecule has 3 aromatic rings. The third-order valence-corrected chi connectivity index (χ3v) is 4.40. The second kappa shape index (κ2) is 9.00. The zero-order valence-electron chi connectivity index (χ0n) is 14.8. The van der Waals surface area contributed by atoms with E-state index in [1.54, 1.807) is 0 Å². The van der Waals surface area contributed by atoms with E-state index in [0.29, 0.717) is 11.6 Å². The summed E-state index contributed by atoms with van der Waals surface area (Å²) in [6, 6.07) is 13.2. The molecule has 1 N–H and O–H groups in total. The fourth-order valence-corrected chi connectivity index (χ4v) is 2.78. The molecule has 0 aliphatic carbocycles. The van der Waals surface area contributed by atoms with Crippen LogP contribution in [0, 0.1) is 17.0 Å². The second-order valence-corrected chi connectivity index (χ2v) is 6.58. The average molecular weight is 400 g/mol. The first-order valence-electron chi connectivity index (χ1n) is 8.19. The van der Waals surface area contributed by atoms with Crippen molar-refractivity contribution in [3.8, 4) is 5.75 Å². The molecule has 0 radical (unpaired) electrons. The molecular formula is C18H16N4O5S. The summed E-state index contributed by atoms with van der Waals surface area (Å²) in [5, 5.41) is 21.3. The number of ether oxygens (including phenoxy) is 1. The highest BCUT2D eigenvalue weighted by atomic mass is 32.2. The summed E-state index contributed by atoms with van der Waals surface area (Å²) in [4.78, 5) is 22.1. The van der Waals surface area contributed by atoms with Crippen LogP contribution in [0.4, 0.5) is 11.4 Å². The first-order chi connectivity index (χ1) is 13.5. The molecular weight excluding hydrogens is 384 g/mol. The zero-order valence-corrected chi connectivity index (χ0v) is 15.6. The van der Waals surface area contributed by atoms with Gasteiger partial charge in [0.25, 0.3) is 16.8 Å². The number of nitrogens with zero attached hydrogens (tertiary/aromatic N) is 3. The molecule has 0 aliphatic heterocycles. The Morgan fingerprint density at radius 3 is 2.68 bits per heavy atom. The first-order valence-corrected chi connectivity index (χ1v) is 9.18. The van der Waals surface area contributed by atoms with Gasteiger partial charge in [-0.1, -0.05) is 30.0 Å². The van der Waals surface area contributed by atoms with Crippen molar-refractivity contribution in [2.24, 2.45) is 0 Å². The van der Waals surface area contributed by atoms with Crippen molar-refractivity contribution in [1.82, 2.24) is 10.2 Å². The van der Waals surface area contributed by atoms with E-state index < -0.39 is 4.92 Å². The Kier molecular flexibility index (Phi) is 6.22. The number of benzene rings is 2. The number of hydrogen-bond donors (Lipinski definition) is 1. The van der Waals surface area contributed by atoms with Crippen molar-refractivity contribution in [3.05, 3.63) is 70.1 Å². The maximum Gasteiger partial charge on any atom is 0.277 e. The Labute approximate surface area is 164 Å². The summed E-state index contributed by atoms with van der Waals surface area (Å²) >= 11 is 1.09. The van der Waals surface area contributed by atoms with Crippen LogP contribution in [0.1, 0.15) is 11.5 Å². The summed E-state index contributed by atoms with van der Waals surface area (Å²) in [6.07, 6.45) is 0. The number of aromatic nitrogens is 2. The van der Waals surface area contributed by atoms with Gasteiger partial charge in [0.05, 0.1) is 10.7 Å². The molecule has 0 saturated heterocycles. The standard InChI is InChI=1S/C18H16N4O5S/c1-12-4-2-3-5-15(12)26-10-17-20-21-18(27-17)28-11-16(23)19-13-6-8-14(9-7-13)22(24)25/h2-9H,10-11H2,1H3,(H,19,23). The summed E-state index contributed by atoms with van der Waals surface area (Å²) in [6.45, 7) is 2.07. The monoisotopic (exact) mass is 400 g/mol. The molecule has 0 aliphatic rings. The predicted octanol–water partition coefficient (Wildman–Crippen LogP) is 3.60. The fraction of sp³-hybridized carbons (Fsp3) is 0.167. The van der Waals surface area contributed by atoms with Crippen molar-refractivity contribution in [1.29, 1.82) is 0 Å². The summed E-state index contributed by atoms with van der Waals surface area (Å²) in [5.41, 5.74) is 1.42. The van der Waals surface area contributed by atoms with Crippen LogP contribution in [0.5, 0.6) is 5.75 Å². The highest BCUT2D eigenvalue weighted by molar-refractivity contribution is 7.99. The van der Waals surface area contributed by atoms with Crippen molar-refractivity contribution in [3.63, 3.8) is 0 Å². The molecule has 0 atom stereocenters. The number of nitro groups is 1. The van der Waals surface area contributed by atoms with Crippen LogP contribution >= 0.6 is 11.8 Å². The Balaban J connectivity index is 1.46. The van der Waals surface area contributed by atoms with Gasteiger partial charge in [0.2, 0.25) is 5.91 Å². The van der Waals surface area contributed by atoms with Crippen LogP contribution < -0.4 is 10.1 Å². The molecule has 0 bridgehead atoms. The number of nitrogens with one attached hydrogen (secondary N) is 1. The minimum absolute atomic E-state index is 0.0429. The van der Waals surface area contributed by atoms with Gasteiger partial charge in [-0.05, 0) is 30.7 Å². The van der Waals surface area contributed by atoms with Crippen molar-refractivity contribution in [2.75, 3.05) is 11.1 Å². The van der Waals surface area contributed by atoms with E-state index in [0.717, 1.165) is 23.1 Å². The molecule has 1 heterocycles. The average Bonchev–Trinajstić information content (AvgIpc) is 3.14. The lowest BCUT2D eigenvalue weighted by Gasteiger charge is -2.05. The van der Waals surface area contributed by atoms with Gasteiger partial charge in [-0.25, -0.2) is 0 Å². The van der Waals surface area contributed by atoms with Crippen LogP contribution in [-0.4, -0.2) is 26.8 Å². The number of thioether (sulfide) groups is 1. The number of anilines is 1. The van der Waals surface area contributed by atoms with Gasteiger partial charge < -0.3 is 14.5 Å². The van der Waals surface area contributed by atoms with E-state index in [4.69, 9.17) is 9.15 Å². The van der Waals surface area contributed by atoms with Crippen LogP contribution in [0.15, 0.2) is 58.2 Å². The van der Waals surface area contributed by atoms with E-state index in [-0.39, 0.29) is 29.2 Å². The second-order valence-electron chi connectivity index (χ2n) is 5.66. The summed E-state index contributed by atoms with van der Waals surface area (Å²) in [7, 11) is 0. The number of rotatable bonds is 8. The third-order valence-electron chi connectivity index (χ3n) is 3.58. The molecule has 0 unspecified atom stereocenters. The molecule has 0 saturated carbocycles. The fourth-order valence-electron chi connectivity index (χ4n) is 2.20. The number of para-hydroxylation sites is 1. The minimum atomic E-state index is -0.503. The summed E-state index contributed by atoms with van der Waals surface area (Å²) in [5.74, 6) is 0.797. The molecule has 10 heteroatoms. The van der Waals surface area contributed by atoms with Crippen molar-refractivity contribution >= 4 is 29.0 Å². The molecule has 9 nitrogen and oxygen atoms in total. The molecule has 1 amide bonds. The summed E-state index contributed by atoms with van der Waals surface area (Å²) < 4.78 is 11.1. The maximum atomic E-state index is 12.0. The largest absolute Gasteiger partial charge is 0.484 e. The Hall–Kier alpha value is -3.40. The first kappa shape index (κ1) is 19.4. The molecule has 2 aromatic carbocycles. The van der Waals surface area contributed by atoms with Gasteiger partial charge >= 0.3 is 0 Å². The quantitative estimate of drug-likeness (QED) is 0.346. The zero-order chi connectivity index (χ0) is 19.9.